The molecule has 48 heavy (non-hydrogen) atoms. The Morgan fingerprint density at radius 3 is 1.38 bits per heavy atom. The molecule has 2 aromatic carbocycles. The van der Waals surface area contributed by atoms with Crippen molar-refractivity contribution in [2.24, 2.45) is 23.7 Å². The minimum absolute atomic E-state index is 0.209. The normalized spacial score (nSPS) is 27.2. The third kappa shape index (κ3) is 8.79. The zero-order valence-corrected chi connectivity index (χ0v) is 29.3. The Bertz CT molecular complexity index is 1300. The highest BCUT2D eigenvalue weighted by molar-refractivity contribution is 5.92. The topological polar surface area (TPSA) is 125 Å². The van der Waals surface area contributed by atoms with E-state index in [1.54, 1.807) is 62.4 Å². The Hall–Kier alpha value is -3.83. The molecule has 0 saturated heterocycles. The largest absolute Gasteiger partial charge is 0.509 e. The second-order valence-electron chi connectivity index (χ2n) is 13.9. The monoisotopic (exact) mass is 670 g/mol. The quantitative estimate of drug-likeness (QED) is 0.124. The van der Waals surface area contributed by atoms with Gasteiger partial charge in [-0.05, 0) is 100 Å². The minimum atomic E-state index is -1.16. The van der Waals surface area contributed by atoms with Gasteiger partial charge >= 0.3 is 18.1 Å². The fraction of sp³-hybridized carbons (Fsp3) is 0.595. The maximum Gasteiger partial charge on any atom is 0.509 e. The number of methoxy groups -OCH3 is 2. The molecular formula is C37H50O11. The summed E-state index contributed by atoms with van der Waals surface area (Å²) in [5.41, 5.74) is -1.91. The van der Waals surface area contributed by atoms with Gasteiger partial charge in [0.05, 0.1) is 14.2 Å². The maximum absolute atomic E-state index is 13.6. The van der Waals surface area contributed by atoms with Gasteiger partial charge in [0.2, 0.25) is 0 Å². The van der Waals surface area contributed by atoms with Gasteiger partial charge in [-0.2, -0.15) is 9.78 Å². The van der Waals surface area contributed by atoms with E-state index in [2.05, 4.69) is 27.7 Å². The van der Waals surface area contributed by atoms with Crippen molar-refractivity contribution in [1.82, 2.24) is 0 Å². The molecule has 0 aromatic heterocycles. The fourth-order valence-electron chi connectivity index (χ4n) is 6.60. The summed E-state index contributed by atoms with van der Waals surface area (Å²) in [4.78, 5) is 61.7. The molecule has 0 radical (unpaired) electrons. The molecule has 0 aliphatic heterocycles. The molecule has 6 unspecified atom stereocenters. The van der Waals surface area contributed by atoms with Gasteiger partial charge in [0.1, 0.15) is 46.0 Å². The lowest BCUT2D eigenvalue weighted by atomic mass is 9.73. The molecule has 2 aliphatic carbocycles. The van der Waals surface area contributed by atoms with Gasteiger partial charge in [-0.3, -0.25) is 9.78 Å². The Kier molecular flexibility index (Phi) is 12.4. The molecule has 0 spiro atoms. The number of ether oxygens (including phenoxy) is 4. The van der Waals surface area contributed by atoms with Crippen molar-refractivity contribution in [3.63, 3.8) is 0 Å². The van der Waals surface area contributed by atoms with Crippen LogP contribution in [0.15, 0.2) is 48.5 Å². The van der Waals surface area contributed by atoms with Crippen LogP contribution < -0.4 is 9.47 Å². The molecule has 11 nitrogen and oxygen atoms in total. The summed E-state index contributed by atoms with van der Waals surface area (Å²) in [5.74, 6) is 0.445. The maximum atomic E-state index is 13.6. The SMILES string of the molecule is COc1ccccc1C(=O)OOC1CC(C(C)C)CCC1(C)OC(=O)OC1(C)CCC(C(C)C)CC1OOC(=O)c1ccccc1OC. The molecule has 2 aliphatic rings. The number of benzene rings is 2. The summed E-state index contributed by atoms with van der Waals surface area (Å²) in [6.45, 7) is 12.0. The molecule has 0 heterocycles. The van der Waals surface area contributed by atoms with E-state index in [0.717, 1.165) is 12.8 Å². The predicted molar refractivity (Wildman–Crippen MR) is 175 cm³/mol. The number of rotatable bonds is 12. The van der Waals surface area contributed by atoms with E-state index in [-0.39, 0.29) is 23.0 Å². The summed E-state index contributed by atoms with van der Waals surface area (Å²) in [6.07, 6.45) is 1.04. The molecule has 264 valence electrons. The van der Waals surface area contributed by atoms with E-state index in [0.29, 0.717) is 49.0 Å². The molecule has 2 fully saturated rings. The molecule has 11 heteroatoms. The Labute approximate surface area is 283 Å². The molecule has 2 saturated carbocycles. The summed E-state index contributed by atoms with van der Waals surface area (Å²) < 4.78 is 22.6. The Balaban J connectivity index is 1.47. The van der Waals surface area contributed by atoms with Crippen LogP contribution in [0.2, 0.25) is 0 Å². The lowest BCUT2D eigenvalue weighted by Gasteiger charge is -2.45. The van der Waals surface area contributed by atoms with Gasteiger partial charge in [0.15, 0.2) is 0 Å². The number of hydrogen-bond donors (Lipinski definition) is 0. The summed E-state index contributed by atoms with van der Waals surface area (Å²) >= 11 is 0. The van der Waals surface area contributed by atoms with Crippen LogP contribution in [0.4, 0.5) is 4.79 Å². The van der Waals surface area contributed by atoms with Crippen LogP contribution in [0, 0.1) is 23.7 Å². The predicted octanol–water partition coefficient (Wildman–Crippen LogP) is 7.90. The Morgan fingerprint density at radius 1 is 0.646 bits per heavy atom. The molecule has 4 rings (SSSR count). The number of carbonyl (C=O) groups is 3. The first-order valence-electron chi connectivity index (χ1n) is 16.7. The number of hydrogen-bond acceptors (Lipinski definition) is 11. The summed E-state index contributed by atoms with van der Waals surface area (Å²) in [7, 11) is 2.93. The van der Waals surface area contributed by atoms with Crippen molar-refractivity contribution in [3.8, 4) is 11.5 Å². The van der Waals surface area contributed by atoms with Crippen LogP contribution in [0.25, 0.3) is 0 Å². The van der Waals surface area contributed by atoms with Crippen molar-refractivity contribution in [2.45, 2.75) is 103 Å². The van der Waals surface area contributed by atoms with Crippen LogP contribution in [0.1, 0.15) is 101 Å². The first-order valence-corrected chi connectivity index (χ1v) is 16.7. The average molecular weight is 671 g/mol. The fourth-order valence-corrected chi connectivity index (χ4v) is 6.60. The van der Waals surface area contributed by atoms with E-state index in [1.165, 1.54) is 14.2 Å². The second-order valence-corrected chi connectivity index (χ2v) is 13.9. The lowest BCUT2D eigenvalue weighted by molar-refractivity contribution is -0.327. The minimum Gasteiger partial charge on any atom is -0.496 e. The van der Waals surface area contributed by atoms with Crippen LogP contribution in [-0.4, -0.2) is 55.7 Å². The van der Waals surface area contributed by atoms with E-state index in [4.69, 9.17) is 38.5 Å². The molecule has 0 amide bonds. The van der Waals surface area contributed by atoms with Gasteiger partial charge in [0, 0.05) is 0 Å². The van der Waals surface area contributed by atoms with E-state index in [9.17, 15) is 14.4 Å². The highest BCUT2D eigenvalue weighted by Gasteiger charge is 2.50. The average Bonchev–Trinajstić information content (AvgIpc) is 3.06. The number of carbonyl (C=O) groups excluding carboxylic acids is 3. The molecular weight excluding hydrogens is 620 g/mol. The third-order valence-electron chi connectivity index (χ3n) is 10.1. The molecule has 0 N–H and O–H groups in total. The van der Waals surface area contributed by atoms with E-state index >= 15 is 0 Å². The molecule has 2 aromatic rings. The van der Waals surface area contributed by atoms with E-state index < -0.39 is 41.5 Å². The zero-order valence-electron chi connectivity index (χ0n) is 29.3. The second kappa shape index (κ2) is 16.0. The third-order valence-corrected chi connectivity index (χ3v) is 10.1. The first kappa shape index (κ1) is 37.0. The van der Waals surface area contributed by atoms with Crippen molar-refractivity contribution < 1.29 is 52.9 Å². The highest BCUT2D eigenvalue weighted by Crippen LogP contribution is 2.43. The van der Waals surface area contributed by atoms with Gasteiger partial charge in [-0.25, -0.2) is 14.4 Å². The van der Waals surface area contributed by atoms with Crippen molar-refractivity contribution in [3.05, 3.63) is 59.7 Å². The van der Waals surface area contributed by atoms with Crippen molar-refractivity contribution in [2.75, 3.05) is 14.2 Å². The Morgan fingerprint density at radius 2 is 1.02 bits per heavy atom. The van der Waals surface area contributed by atoms with Crippen LogP contribution in [-0.2, 0) is 29.0 Å². The molecule has 6 atom stereocenters. The highest BCUT2D eigenvalue weighted by atomic mass is 17.2. The smallest absolute Gasteiger partial charge is 0.496 e. The van der Waals surface area contributed by atoms with E-state index in [1.807, 2.05) is 0 Å². The van der Waals surface area contributed by atoms with Gasteiger partial charge in [-0.15, -0.1) is 0 Å². The van der Waals surface area contributed by atoms with Gasteiger partial charge in [0.25, 0.3) is 0 Å². The molecule has 0 bridgehead atoms. The summed E-state index contributed by atoms with van der Waals surface area (Å²) in [6, 6.07) is 13.4. The van der Waals surface area contributed by atoms with Crippen LogP contribution in [0.5, 0.6) is 11.5 Å². The standard InChI is InChI=1S/C37H50O11/c1-23(2)25-17-19-36(5,31(21-25)45-47-33(38)27-13-9-11-15-29(27)41-7)43-35(40)44-37(6)20-18-26(24(3)4)22-32(37)46-48-34(39)28-14-10-12-16-30(28)42-8/h9-16,23-26,31-32H,17-22H2,1-8H3. The van der Waals surface area contributed by atoms with Crippen LogP contribution >= 0.6 is 0 Å². The summed E-state index contributed by atoms with van der Waals surface area (Å²) in [5, 5.41) is 0. The first-order chi connectivity index (χ1) is 22.8. The van der Waals surface area contributed by atoms with Gasteiger partial charge < -0.3 is 18.9 Å². The van der Waals surface area contributed by atoms with Crippen molar-refractivity contribution in [1.29, 1.82) is 0 Å². The lowest BCUT2D eigenvalue weighted by Crippen LogP contribution is -2.53. The van der Waals surface area contributed by atoms with Crippen LogP contribution in [0.3, 0.4) is 0 Å². The zero-order chi connectivity index (χ0) is 35.1. The number of para-hydroxylation sites is 2. The van der Waals surface area contributed by atoms with Gasteiger partial charge in [-0.1, -0.05) is 52.0 Å². The van der Waals surface area contributed by atoms with Crippen molar-refractivity contribution >= 4 is 18.1 Å².